The summed E-state index contributed by atoms with van der Waals surface area (Å²) in [6, 6.07) is 21.2. The van der Waals surface area contributed by atoms with E-state index in [1.54, 1.807) is 18.2 Å². The maximum atomic E-state index is 14.0. The minimum atomic E-state index is -4.66. The largest absolute Gasteiger partial charge is 0.416 e. The minimum Gasteiger partial charge on any atom is -0.376 e. The molecule has 1 fully saturated rings. The third-order valence-corrected chi connectivity index (χ3v) is 7.51. The minimum absolute atomic E-state index is 0.0848. The second-order valence-corrected chi connectivity index (χ2v) is 10.3. The monoisotopic (exact) mass is 570 g/mol. The van der Waals surface area contributed by atoms with Crippen molar-refractivity contribution in [1.29, 1.82) is 0 Å². The van der Waals surface area contributed by atoms with Crippen LogP contribution in [-0.2, 0) is 29.1 Å². The molecule has 9 heteroatoms. The number of halogens is 6. The van der Waals surface area contributed by atoms with Crippen molar-refractivity contribution in [2.45, 2.75) is 37.2 Å². The van der Waals surface area contributed by atoms with Crippen molar-refractivity contribution >= 4 is 0 Å². The summed E-state index contributed by atoms with van der Waals surface area (Å²) in [6.07, 6.45) is -6.22. The molecule has 1 aromatic heterocycles. The number of hydrogen-bond acceptors (Lipinski definition) is 3. The van der Waals surface area contributed by atoms with Gasteiger partial charge in [0.1, 0.15) is 0 Å². The zero-order chi connectivity index (χ0) is 29.1. The van der Waals surface area contributed by atoms with Crippen molar-refractivity contribution < 1.29 is 31.1 Å². The van der Waals surface area contributed by atoms with E-state index in [2.05, 4.69) is 10.3 Å². The second-order valence-electron chi connectivity index (χ2n) is 10.3. The first kappa shape index (κ1) is 28.8. The van der Waals surface area contributed by atoms with Crippen molar-refractivity contribution in [3.05, 3.63) is 113 Å². The first-order valence-electron chi connectivity index (χ1n) is 13.2. The van der Waals surface area contributed by atoms with Gasteiger partial charge < -0.3 is 10.1 Å². The lowest BCUT2D eigenvalue weighted by Gasteiger charge is -2.38. The number of rotatable bonds is 7. The number of benzene rings is 3. The second kappa shape index (κ2) is 11.7. The van der Waals surface area contributed by atoms with Gasteiger partial charge in [-0.05, 0) is 90.6 Å². The fourth-order valence-corrected chi connectivity index (χ4v) is 5.38. The number of aromatic nitrogens is 1. The van der Waals surface area contributed by atoms with E-state index in [0.29, 0.717) is 6.61 Å². The van der Waals surface area contributed by atoms with Crippen LogP contribution in [0.25, 0.3) is 22.4 Å². The van der Waals surface area contributed by atoms with Gasteiger partial charge in [-0.25, -0.2) is 0 Å². The molecule has 0 saturated carbocycles. The van der Waals surface area contributed by atoms with E-state index in [-0.39, 0.29) is 40.0 Å². The average Bonchev–Trinajstić information content (AvgIpc) is 2.97. The Kier molecular flexibility index (Phi) is 8.20. The molecule has 5 rings (SSSR count). The zero-order valence-corrected chi connectivity index (χ0v) is 22.0. The first-order valence-corrected chi connectivity index (χ1v) is 13.2. The van der Waals surface area contributed by atoms with Gasteiger partial charge in [0.15, 0.2) is 0 Å². The fourth-order valence-electron chi connectivity index (χ4n) is 5.38. The van der Waals surface area contributed by atoms with Crippen molar-refractivity contribution in [2.24, 2.45) is 0 Å². The van der Waals surface area contributed by atoms with Gasteiger partial charge in [-0.15, -0.1) is 0 Å². The van der Waals surface area contributed by atoms with Crippen LogP contribution < -0.4 is 5.32 Å². The van der Waals surface area contributed by atoms with Gasteiger partial charge in [0.2, 0.25) is 0 Å². The fraction of sp³-hybridized carbons (Fsp3) is 0.281. The molecule has 0 amide bonds. The Morgan fingerprint density at radius 1 is 0.732 bits per heavy atom. The number of alkyl halides is 6. The van der Waals surface area contributed by atoms with Crippen molar-refractivity contribution in [3.63, 3.8) is 0 Å². The Morgan fingerprint density at radius 3 is 2.10 bits per heavy atom. The molecule has 214 valence electrons. The molecule has 4 aromatic rings. The lowest BCUT2D eigenvalue weighted by molar-refractivity contribution is -0.138. The van der Waals surface area contributed by atoms with Gasteiger partial charge in [-0.1, -0.05) is 42.5 Å². The molecule has 1 aliphatic rings. The quantitative estimate of drug-likeness (QED) is 0.227. The summed E-state index contributed by atoms with van der Waals surface area (Å²) < 4.78 is 88.8. The summed E-state index contributed by atoms with van der Waals surface area (Å²) in [4.78, 5) is 4.17. The Labute approximate surface area is 234 Å². The summed E-state index contributed by atoms with van der Waals surface area (Å²) >= 11 is 0. The van der Waals surface area contributed by atoms with E-state index in [4.69, 9.17) is 4.74 Å². The van der Waals surface area contributed by atoms with Crippen molar-refractivity contribution in [2.75, 3.05) is 19.7 Å². The molecule has 2 heterocycles. The highest BCUT2D eigenvalue weighted by Crippen LogP contribution is 2.40. The molecular formula is C32H28F6N2O. The van der Waals surface area contributed by atoms with E-state index >= 15 is 0 Å². The normalized spacial score (nSPS) is 15.6. The Morgan fingerprint density at radius 2 is 1.44 bits per heavy atom. The molecule has 0 atom stereocenters. The van der Waals surface area contributed by atoms with Crippen LogP contribution in [0, 0.1) is 0 Å². The molecule has 0 aliphatic carbocycles. The zero-order valence-electron chi connectivity index (χ0n) is 22.0. The predicted molar refractivity (Wildman–Crippen MR) is 145 cm³/mol. The van der Waals surface area contributed by atoms with Gasteiger partial charge in [-0.3, -0.25) is 4.98 Å². The third-order valence-electron chi connectivity index (χ3n) is 7.51. The van der Waals surface area contributed by atoms with E-state index < -0.39 is 23.5 Å². The molecule has 1 saturated heterocycles. The summed E-state index contributed by atoms with van der Waals surface area (Å²) in [5.74, 6) is 0. The van der Waals surface area contributed by atoms with Gasteiger partial charge >= 0.3 is 12.4 Å². The van der Waals surface area contributed by atoms with Crippen LogP contribution in [-0.4, -0.2) is 24.7 Å². The standard InChI is InChI=1S/C32H28F6N2O/c33-31(34,35)25-9-10-27(28(19-25)29-8-4-5-13-40-29)23-16-22(17-26(18-23)32(36,37)38)20-41-21-30(11-14-39-15-12-30)24-6-2-1-3-7-24/h1-10,13,16-19,39H,11-12,14-15,20-21H2. The predicted octanol–water partition coefficient (Wildman–Crippen LogP) is 8.29. The van der Waals surface area contributed by atoms with Crippen LogP contribution in [0.5, 0.6) is 0 Å². The van der Waals surface area contributed by atoms with Crippen LogP contribution in [0.15, 0.2) is 91.1 Å². The average molecular weight is 571 g/mol. The number of hydrogen-bond donors (Lipinski definition) is 1. The van der Waals surface area contributed by atoms with Gasteiger partial charge in [0.25, 0.3) is 0 Å². The van der Waals surface area contributed by atoms with Crippen LogP contribution in [0.4, 0.5) is 26.3 Å². The lowest BCUT2D eigenvalue weighted by Crippen LogP contribution is -2.43. The molecule has 3 aromatic carbocycles. The number of nitrogens with one attached hydrogen (secondary N) is 1. The topological polar surface area (TPSA) is 34.1 Å². The Balaban J connectivity index is 1.51. The molecular weight excluding hydrogens is 542 g/mol. The van der Waals surface area contributed by atoms with Gasteiger partial charge in [0.05, 0.1) is 30.0 Å². The highest BCUT2D eigenvalue weighted by molar-refractivity contribution is 5.83. The maximum Gasteiger partial charge on any atom is 0.416 e. The molecule has 0 radical (unpaired) electrons. The van der Waals surface area contributed by atoms with E-state index in [1.165, 1.54) is 18.3 Å². The molecule has 0 spiro atoms. The van der Waals surface area contributed by atoms with Crippen molar-refractivity contribution in [1.82, 2.24) is 10.3 Å². The van der Waals surface area contributed by atoms with Gasteiger partial charge in [0, 0.05) is 17.2 Å². The number of ether oxygens (including phenoxy) is 1. The molecule has 1 N–H and O–H groups in total. The summed E-state index contributed by atoms with van der Waals surface area (Å²) in [5, 5.41) is 3.34. The first-order chi connectivity index (χ1) is 19.6. The summed E-state index contributed by atoms with van der Waals surface area (Å²) in [7, 11) is 0. The number of nitrogens with zero attached hydrogens (tertiary/aromatic N) is 1. The van der Waals surface area contributed by atoms with Crippen LogP contribution in [0.1, 0.15) is 35.1 Å². The van der Waals surface area contributed by atoms with Crippen LogP contribution in [0.3, 0.4) is 0 Å². The van der Waals surface area contributed by atoms with Crippen LogP contribution in [0.2, 0.25) is 0 Å². The smallest absolute Gasteiger partial charge is 0.376 e. The molecule has 0 unspecified atom stereocenters. The Hall–Kier alpha value is -3.69. The SMILES string of the molecule is FC(F)(F)c1cc(COCC2(c3ccccc3)CCNCC2)cc(-c2ccc(C(F)(F)F)cc2-c2ccccn2)c1. The number of pyridine rings is 1. The number of piperidine rings is 1. The van der Waals surface area contributed by atoms with E-state index in [9.17, 15) is 26.3 Å². The molecule has 41 heavy (non-hydrogen) atoms. The third kappa shape index (κ3) is 6.63. The summed E-state index contributed by atoms with van der Waals surface area (Å²) in [5.41, 5.74) is -0.0312. The molecule has 1 aliphatic heterocycles. The summed E-state index contributed by atoms with van der Waals surface area (Å²) in [6.45, 7) is 1.84. The van der Waals surface area contributed by atoms with E-state index in [1.807, 2.05) is 30.3 Å². The van der Waals surface area contributed by atoms with Crippen molar-refractivity contribution in [3.8, 4) is 22.4 Å². The lowest BCUT2D eigenvalue weighted by atomic mass is 9.74. The maximum absolute atomic E-state index is 14.0. The molecule has 3 nitrogen and oxygen atoms in total. The molecule has 0 bridgehead atoms. The highest BCUT2D eigenvalue weighted by atomic mass is 19.4. The highest BCUT2D eigenvalue weighted by Gasteiger charge is 2.35. The van der Waals surface area contributed by atoms with Crippen LogP contribution >= 0.6 is 0 Å². The van der Waals surface area contributed by atoms with E-state index in [0.717, 1.165) is 55.8 Å². The van der Waals surface area contributed by atoms with Gasteiger partial charge in [-0.2, -0.15) is 26.3 Å². The Bertz CT molecular complexity index is 1460.